The van der Waals surface area contributed by atoms with Gasteiger partial charge in [0.2, 0.25) is 0 Å². The first-order chi connectivity index (χ1) is 6.27. The van der Waals surface area contributed by atoms with Crippen molar-refractivity contribution < 1.29 is 0 Å². The van der Waals surface area contributed by atoms with Crippen molar-refractivity contribution in [3.05, 3.63) is 23.2 Å². The van der Waals surface area contributed by atoms with Crippen molar-refractivity contribution in [3.63, 3.8) is 0 Å². The van der Waals surface area contributed by atoms with Crippen molar-refractivity contribution >= 4 is 29.1 Å². The number of benzene rings is 1. The largest absolute Gasteiger partial charge is 0.323 e. The minimum Gasteiger partial charge on any atom is -0.323 e. The van der Waals surface area contributed by atoms with E-state index in [0.29, 0.717) is 5.02 Å². The van der Waals surface area contributed by atoms with Gasteiger partial charge in [-0.3, -0.25) is 5.84 Å². The van der Waals surface area contributed by atoms with Crippen LogP contribution in [0.2, 0.25) is 5.02 Å². The van der Waals surface area contributed by atoms with Crippen molar-refractivity contribution in [1.82, 2.24) is 0 Å². The van der Waals surface area contributed by atoms with E-state index in [4.69, 9.17) is 17.4 Å². The fourth-order valence-electron chi connectivity index (χ4n) is 0.953. The van der Waals surface area contributed by atoms with Crippen LogP contribution in [-0.2, 0) is 0 Å². The molecule has 13 heavy (non-hydrogen) atoms. The van der Waals surface area contributed by atoms with Gasteiger partial charge in [0.05, 0.1) is 5.69 Å². The summed E-state index contributed by atoms with van der Waals surface area (Å²) in [6, 6.07) is 5.69. The van der Waals surface area contributed by atoms with Crippen LogP contribution in [0.4, 0.5) is 5.69 Å². The quantitative estimate of drug-likeness (QED) is 0.462. The molecule has 0 saturated carbocycles. The van der Waals surface area contributed by atoms with Gasteiger partial charge >= 0.3 is 0 Å². The average molecular weight is 217 g/mol. The minimum atomic E-state index is 0.703. The minimum absolute atomic E-state index is 0.703. The third-order valence-electron chi connectivity index (χ3n) is 1.56. The second-order valence-corrected chi connectivity index (χ2v) is 4.21. The molecule has 2 nitrogen and oxygen atoms in total. The Balaban J connectivity index is 2.79. The van der Waals surface area contributed by atoms with Gasteiger partial charge in [0.15, 0.2) is 0 Å². The van der Waals surface area contributed by atoms with Crippen molar-refractivity contribution in [2.24, 2.45) is 5.84 Å². The highest BCUT2D eigenvalue weighted by Crippen LogP contribution is 2.29. The topological polar surface area (TPSA) is 38.0 Å². The van der Waals surface area contributed by atoms with Gasteiger partial charge in [0.1, 0.15) is 0 Å². The van der Waals surface area contributed by atoms with E-state index in [1.54, 1.807) is 11.8 Å². The van der Waals surface area contributed by atoms with E-state index in [2.05, 4.69) is 12.3 Å². The lowest BCUT2D eigenvalue weighted by Gasteiger charge is -2.07. The van der Waals surface area contributed by atoms with E-state index in [1.807, 2.05) is 18.2 Å². The SMILES string of the molecule is CCCSc1ccc(Cl)cc1NN. The Morgan fingerprint density at radius 3 is 2.92 bits per heavy atom. The summed E-state index contributed by atoms with van der Waals surface area (Å²) in [5.41, 5.74) is 3.53. The maximum atomic E-state index is 5.82. The van der Waals surface area contributed by atoms with Gasteiger partial charge in [0, 0.05) is 9.92 Å². The predicted molar refractivity (Wildman–Crippen MR) is 60.3 cm³/mol. The van der Waals surface area contributed by atoms with Crippen molar-refractivity contribution in [1.29, 1.82) is 0 Å². The van der Waals surface area contributed by atoms with Crippen LogP contribution in [0.5, 0.6) is 0 Å². The molecular weight excluding hydrogens is 204 g/mol. The van der Waals surface area contributed by atoms with Gasteiger partial charge in [-0.25, -0.2) is 0 Å². The Morgan fingerprint density at radius 2 is 2.31 bits per heavy atom. The van der Waals surface area contributed by atoms with Crippen LogP contribution >= 0.6 is 23.4 Å². The van der Waals surface area contributed by atoms with E-state index < -0.39 is 0 Å². The Kier molecular flexibility index (Phi) is 4.42. The maximum Gasteiger partial charge on any atom is 0.0635 e. The monoisotopic (exact) mass is 216 g/mol. The molecule has 0 aliphatic rings. The molecule has 1 aromatic carbocycles. The van der Waals surface area contributed by atoms with E-state index in [0.717, 1.165) is 22.8 Å². The first-order valence-electron chi connectivity index (χ1n) is 4.17. The van der Waals surface area contributed by atoms with Crippen molar-refractivity contribution in [2.75, 3.05) is 11.2 Å². The molecule has 0 aromatic heterocycles. The number of hydrogen-bond donors (Lipinski definition) is 2. The molecule has 0 heterocycles. The summed E-state index contributed by atoms with van der Waals surface area (Å²) in [5.74, 6) is 6.46. The van der Waals surface area contributed by atoms with Gasteiger partial charge in [-0.05, 0) is 30.4 Å². The summed E-state index contributed by atoms with van der Waals surface area (Å²) < 4.78 is 0. The molecule has 0 amide bonds. The zero-order valence-corrected chi connectivity index (χ0v) is 9.08. The van der Waals surface area contributed by atoms with Crippen LogP contribution in [0.25, 0.3) is 0 Å². The molecule has 0 saturated heterocycles. The summed E-state index contributed by atoms with van der Waals surface area (Å²) >= 11 is 7.60. The number of anilines is 1. The molecule has 0 radical (unpaired) electrons. The molecule has 4 heteroatoms. The highest BCUT2D eigenvalue weighted by Gasteiger charge is 2.01. The molecule has 3 N–H and O–H groups in total. The zero-order valence-electron chi connectivity index (χ0n) is 7.51. The molecular formula is C9H13ClN2S. The first-order valence-corrected chi connectivity index (χ1v) is 5.53. The number of nitrogens with one attached hydrogen (secondary N) is 1. The number of nitrogen functional groups attached to an aromatic ring is 1. The molecule has 1 rings (SSSR count). The average Bonchev–Trinajstić information content (AvgIpc) is 2.16. The van der Waals surface area contributed by atoms with E-state index in [-0.39, 0.29) is 0 Å². The van der Waals surface area contributed by atoms with Crippen LogP contribution in [0, 0.1) is 0 Å². The molecule has 0 atom stereocenters. The standard InChI is InChI=1S/C9H13ClN2S/c1-2-5-13-9-4-3-7(10)6-8(9)12-11/h3-4,6,12H,2,5,11H2,1H3. The van der Waals surface area contributed by atoms with E-state index >= 15 is 0 Å². The highest BCUT2D eigenvalue weighted by atomic mass is 35.5. The zero-order chi connectivity index (χ0) is 9.68. The fourth-order valence-corrected chi connectivity index (χ4v) is 1.99. The lowest BCUT2D eigenvalue weighted by atomic mass is 10.3. The van der Waals surface area contributed by atoms with Crippen LogP contribution in [0.3, 0.4) is 0 Å². The molecule has 1 aromatic rings. The van der Waals surface area contributed by atoms with Gasteiger partial charge in [-0.15, -0.1) is 11.8 Å². The van der Waals surface area contributed by atoms with E-state index in [9.17, 15) is 0 Å². The molecule has 0 aliphatic carbocycles. The smallest absolute Gasteiger partial charge is 0.0635 e. The van der Waals surface area contributed by atoms with Crippen LogP contribution < -0.4 is 11.3 Å². The molecule has 0 spiro atoms. The summed E-state index contributed by atoms with van der Waals surface area (Å²) in [6.45, 7) is 2.15. The second-order valence-electron chi connectivity index (χ2n) is 2.63. The Labute approximate surface area is 87.8 Å². The van der Waals surface area contributed by atoms with Gasteiger partial charge < -0.3 is 5.43 Å². The first kappa shape index (κ1) is 10.7. The Bertz CT molecular complexity index is 278. The molecule has 0 unspecified atom stereocenters. The summed E-state index contributed by atoms with van der Waals surface area (Å²) in [7, 11) is 0. The van der Waals surface area contributed by atoms with Crippen LogP contribution in [0.15, 0.2) is 23.1 Å². The number of halogens is 1. The third-order valence-corrected chi connectivity index (χ3v) is 3.07. The molecule has 0 bridgehead atoms. The third kappa shape index (κ3) is 3.10. The fraction of sp³-hybridized carbons (Fsp3) is 0.333. The Hall–Kier alpha value is -0.380. The number of hydrazine groups is 1. The maximum absolute atomic E-state index is 5.82. The summed E-state index contributed by atoms with van der Waals surface area (Å²) in [6.07, 6.45) is 1.15. The van der Waals surface area contributed by atoms with Gasteiger partial charge in [-0.1, -0.05) is 18.5 Å². The molecule has 72 valence electrons. The van der Waals surface area contributed by atoms with Crippen LogP contribution in [-0.4, -0.2) is 5.75 Å². The Morgan fingerprint density at radius 1 is 1.54 bits per heavy atom. The molecule has 0 aliphatic heterocycles. The summed E-state index contributed by atoms with van der Waals surface area (Å²) in [4.78, 5) is 1.15. The lowest BCUT2D eigenvalue weighted by molar-refractivity contribution is 1.10. The second kappa shape index (κ2) is 5.37. The normalized spacial score (nSPS) is 10.1. The number of rotatable bonds is 4. The lowest BCUT2D eigenvalue weighted by Crippen LogP contribution is -2.07. The van der Waals surface area contributed by atoms with Crippen molar-refractivity contribution in [3.8, 4) is 0 Å². The highest BCUT2D eigenvalue weighted by molar-refractivity contribution is 7.99. The number of nitrogens with two attached hydrogens (primary N) is 1. The van der Waals surface area contributed by atoms with Crippen LogP contribution in [0.1, 0.15) is 13.3 Å². The molecule has 0 fully saturated rings. The predicted octanol–water partition coefficient (Wildman–Crippen LogP) is 3.13. The van der Waals surface area contributed by atoms with Gasteiger partial charge in [-0.2, -0.15) is 0 Å². The summed E-state index contributed by atoms with van der Waals surface area (Å²) in [5, 5.41) is 0.703. The van der Waals surface area contributed by atoms with Crippen molar-refractivity contribution in [2.45, 2.75) is 18.2 Å². The number of hydrogen-bond acceptors (Lipinski definition) is 3. The number of thioether (sulfide) groups is 1. The van der Waals surface area contributed by atoms with Gasteiger partial charge in [0.25, 0.3) is 0 Å². The van der Waals surface area contributed by atoms with E-state index in [1.165, 1.54) is 0 Å².